The van der Waals surface area contributed by atoms with E-state index >= 15 is 0 Å². The number of amides is 1. The Morgan fingerprint density at radius 1 is 1.03 bits per heavy atom. The highest BCUT2D eigenvalue weighted by Gasteiger charge is 2.23. The molecule has 0 atom stereocenters. The Morgan fingerprint density at radius 3 is 2.33 bits per heavy atom. The van der Waals surface area contributed by atoms with Gasteiger partial charge in [0.2, 0.25) is 0 Å². The summed E-state index contributed by atoms with van der Waals surface area (Å²) in [5, 5.41) is 4.52. The Balaban J connectivity index is 1.79. The monoisotopic (exact) mass is 421 g/mol. The number of rotatable bonds is 4. The molecule has 0 spiro atoms. The minimum atomic E-state index is -3.31. The number of carbonyl (C=O) groups is 1. The maximum atomic E-state index is 13.4. The van der Waals surface area contributed by atoms with Crippen LogP contribution in [0.15, 0.2) is 70.1 Å². The lowest BCUT2D eigenvalue weighted by molar-refractivity contribution is 0.0994. The van der Waals surface area contributed by atoms with Gasteiger partial charge in [-0.15, -0.1) is 0 Å². The van der Waals surface area contributed by atoms with Gasteiger partial charge in [-0.05, 0) is 37.3 Å². The SMILES string of the molecule is Cc1noc2nc(-c3ccccc3)cc(C(=O)N(C)c3ccc(S(C)(=O)=O)cc3)c12. The van der Waals surface area contributed by atoms with Crippen LogP contribution in [0.3, 0.4) is 0 Å². The summed E-state index contributed by atoms with van der Waals surface area (Å²) in [5.41, 5.74) is 3.28. The summed E-state index contributed by atoms with van der Waals surface area (Å²) in [5.74, 6) is -0.280. The van der Waals surface area contributed by atoms with Gasteiger partial charge in [0.15, 0.2) is 9.84 Å². The molecule has 0 saturated carbocycles. The fourth-order valence-corrected chi connectivity index (χ4v) is 3.87. The molecular formula is C22H19N3O4S. The van der Waals surface area contributed by atoms with Crippen LogP contribution in [-0.2, 0) is 9.84 Å². The number of fused-ring (bicyclic) bond motifs is 1. The summed E-state index contributed by atoms with van der Waals surface area (Å²) in [6.07, 6.45) is 1.14. The molecule has 0 aliphatic carbocycles. The van der Waals surface area contributed by atoms with E-state index in [4.69, 9.17) is 4.52 Å². The molecule has 4 aromatic rings. The average Bonchev–Trinajstić information content (AvgIpc) is 3.13. The van der Waals surface area contributed by atoms with Gasteiger partial charge in [0.25, 0.3) is 11.6 Å². The van der Waals surface area contributed by atoms with Crippen LogP contribution in [0, 0.1) is 6.92 Å². The van der Waals surface area contributed by atoms with Crippen molar-refractivity contribution in [1.82, 2.24) is 10.1 Å². The van der Waals surface area contributed by atoms with Gasteiger partial charge in [-0.1, -0.05) is 35.5 Å². The zero-order chi connectivity index (χ0) is 21.5. The Morgan fingerprint density at radius 2 is 1.70 bits per heavy atom. The lowest BCUT2D eigenvalue weighted by Crippen LogP contribution is -2.26. The van der Waals surface area contributed by atoms with Gasteiger partial charge in [0, 0.05) is 24.6 Å². The smallest absolute Gasteiger partial charge is 0.259 e. The summed E-state index contributed by atoms with van der Waals surface area (Å²) in [4.78, 5) is 19.6. The Labute approximate surface area is 173 Å². The number of benzene rings is 2. The van der Waals surface area contributed by atoms with Gasteiger partial charge >= 0.3 is 0 Å². The molecule has 0 aliphatic heterocycles. The number of sulfone groups is 1. The zero-order valence-electron chi connectivity index (χ0n) is 16.7. The van der Waals surface area contributed by atoms with E-state index in [1.54, 1.807) is 32.2 Å². The number of nitrogens with zero attached hydrogens (tertiary/aromatic N) is 3. The fourth-order valence-electron chi connectivity index (χ4n) is 3.24. The molecule has 2 heterocycles. The molecule has 0 unspecified atom stereocenters. The van der Waals surface area contributed by atoms with E-state index in [2.05, 4.69) is 10.1 Å². The molecular weight excluding hydrogens is 402 g/mol. The zero-order valence-corrected chi connectivity index (χ0v) is 17.5. The molecule has 0 fully saturated rings. The molecule has 4 rings (SSSR count). The van der Waals surface area contributed by atoms with Crippen molar-refractivity contribution in [3.8, 4) is 11.3 Å². The third-order valence-corrected chi connectivity index (χ3v) is 6.00. The summed E-state index contributed by atoms with van der Waals surface area (Å²) < 4.78 is 28.7. The Hall–Kier alpha value is -3.52. The number of aryl methyl sites for hydroxylation is 1. The Bertz CT molecular complexity index is 1340. The minimum Gasteiger partial charge on any atom is -0.335 e. The van der Waals surface area contributed by atoms with Crippen molar-refractivity contribution >= 4 is 32.5 Å². The summed E-state index contributed by atoms with van der Waals surface area (Å²) in [6, 6.07) is 17.4. The van der Waals surface area contributed by atoms with E-state index in [-0.39, 0.29) is 16.5 Å². The first-order chi connectivity index (χ1) is 14.3. The van der Waals surface area contributed by atoms with Crippen molar-refractivity contribution in [3.63, 3.8) is 0 Å². The van der Waals surface area contributed by atoms with Crippen LogP contribution in [0.1, 0.15) is 16.1 Å². The summed E-state index contributed by atoms with van der Waals surface area (Å²) in [6.45, 7) is 1.76. The largest absolute Gasteiger partial charge is 0.335 e. The van der Waals surface area contributed by atoms with Crippen molar-refractivity contribution in [2.45, 2.75) is 11.8 Å². The number of hydrogen-bond donors (Lipinski definition) is 0. The van der Waals surface area contributed by atoms with Crippen LogP contribution in [0.25, 0.3) is 22.4 Å². The predicted molar refractivity (Wildman–Crippen MR) is 114 cm³/mol. The number of aromatic nitrogens is 2. The highest BCUT2D eigenvalue weighted by atomic mass is 32.2. The highest BCUT2D eigenvalue weighted by molar-refractivity contribution is 7.90. The number of pyridine rings is 1. The molecule has 30 heavy (non-hydrogen) atoms. The van der Waals surface area contributed by atoms with Crippen LogP contribution in [0.5, 0.6) is 0 Å². The van der Waals surface area contributed by atoms with Gasteiger partial charge in [-0.2, -0.15) is 0 Å². The third-order valence-electron chi connectivity index (χ3n) is 4.87. The van der Waals surface area contributed by atoms with Crippen LogP contribution in [0.2, 0.25) is 0 Å². The Kier molecular flexibility index (Phi) is 4.87. The maximum Gasteiger partial charge on any atom is 0.259 e. The van der Waals surface area contributed by atoms with Gasteiger partial charge in [0.05, 0.1) is 27.2 Å². The van der Waals surface area contributed by atoms with Crippen LogP contribution in [0.4, 0.5) is 5.69 Å². The molecule has 8 heteroatoms. The summed E-state index contributed by atoms with van der Waals surface area (Å²) >= 11 is 0. The molecule has 2 aromatic carbocycles. The van der Waals surface area contributed by atoms with Crippen LogP contribution in [-0.4, -0.2) is 37.8 Å². The highest BCUT2D eigenvalue weighted by Crippen LogP contribution is 2.29. The molecule has 1 amide bonds. The van der Waals surface area contributed by atoms with E-state index in [0.29, 0.717) is 28.0 Å². The molecule has 0 aliphatic rings. The van der Waals surface area contributed by atoms with Crippen molar-refractivity contribution in [2.24, 2.45) is 0 Å². The lowest BCUT2D eigenvalue weighted by atomic mass is 10.0. The van der Waals surface area contributed by atoms with Crippen molar-refractivity contribution in [3.05, 3.63) is 71.9 Å². The molecule has 152 valence electrons. The van der Waals surface area contributed by atoms with Gasteiger partial charge in [0.1, 0.15) is 0 Å². The average molecular weight is 421 g/mol. The van der Waals surface area contributed by atoms with E-state index in [9.17, 15) is 13.2 Å². The summed E-state index contributed by atoms with van der Waals surface area (Å²) in [7, 11) is -1.68. The first-order valence-corrected chi connectivity index (χ1v) is 11.1. The van der Waals surface area contributed by atoms with Gasteiger partial charge in [-0.3, -0.25) is 4.79 Å². The van der Waals surface area contributed by atoms with E-state index in [1.165, 1.54) is 17.0 Å². The van der Waals surface area contributed by atoms with Crippen LogP contribution < -0.4 is 4.90 Å². The molecule has 0 bridgehead atoms. The van der Waals surface area contributed by atoms with E-state index < -0.39 is 9.84 Å². The normalized spacial score (nSPS) is 11.6. The number of anilines is 1. The number of carbonyl (C=O) groups excluding carboxylic acids is 1. The molecule has 0 saturated heterocycles. The van der Waals surface area contributed by atoms with Gasteiger partial charge < -0.3 is 9.42 Å². The van der Waals surface area contributed by atoms with Gasteiger partial charge in [-0.25, -0.2) is 13.4 Å². The fraction of sp³-hybridized carbons (Fsp3) is 0.136. The second-order valence-corrected chi connectivity index (χ2v) is 9.02. The first-order valence-electron chi connectivity index (χ1n) is 9.16. The molecule has 7 nitrogen and oxygen atoms in total. The quantitative estimate of drug-likeness (QED) is 0.496. The topological polar surface area (TPSA) is 93.4 Å². The third kappa shape index (κ3) is 3.57. The second kappa shape index (κ2) is 7.38. The van der Waals surface area contributed by atoms with Crippen molar-refractivity contribution in [1.29, 1.82) is 0 Å². The van der Waals surface area contributed by atoms with E-state index in [1.807, 2.05) is 30.3 Å². The second-order valence-electron chi connectivity index (χ2n) is 7.00. The molecule has 0 radical (unpaired) electrons. The maximum absolute atomic E-state index is 13.4. The predicted octanol–water partition coefficient (Wildman–Crippen LogP) is 3.88. The minimum absolute atomic E-state index is 0.194. The van der Waals surface area contributed by atoms with Crippen molar-refractivity contribution < 1.29 is 17.7 Å². The standard InChI is InChI=1S/C22H19N3O4S/c1-14-20-18(13-19(23-21(20)29-24-14)15-7-5-4-6-8-15)22(26)25(2)16-9-11-17(12-10-16)30(3,27)28/h4-13H,1-3H3. The first kappa shape index (κ1) is 19.8. The lowest BCUT2D eigenvalue weighted by Gasteiger charge is -2.18. The number of hydrogen-bond acceptors (Lipinski definition) is 6. The van der Waals surface area contributed by atoms with E-state index in [0.717, 1.165) is 11.8 Å². The van der Waals surface area contributed by atoms with Crippen molar-refractivity contribution in [2.75, 3.05) is 18.2 Å². The van der Waals surface area contributed by atoms with Crippen LogP contribution >= 0.6 is 0 Å². The molecule has 2 aromatic heterocycles. The molecule has 0 N–H and O–H groups in total.